The molecule has 0 fully saturated rings. The van der Waals surface area contributed by atoms with Crippen molar-refractivity contribution in [1.82, 2.24) is 9.38 Å². The quantitative estimate of drug-likeness (QED) is 0.494. The summed E-state index contributed by atoms with van der Waals surface area (Å²) in [5.41, 5.74) is 5.76. The third-order valence-electron chi connectivity index (χ3n) is 4.72. The maximum Gasteiger partial charge on any atom is 0.141 e. The summed E-state index contributed by atoms with van der Waals surface area (Å²) in [7, 11) is 5.11. The number of hydrogen-bond donors (Lipinski definition) is 1. The van der Waals surface area contributed by atoms with Crippen molar-refractivity contribution in [2.75, 3.05) is 26.6 Å². The molecule has 0 saturated heterocycles. The van der Waals surface area contributed by atoms with Gasteiger partial charge in [0.05, 0.1) is 24.9 Å². The van der Waals surface area contributed by atoms with Crippen LogP contribution in [0, 0.1) is 0 Å². The molecule has 2 aromatic carbocycles. The van der Waals surface area contributed by atoms with E-state index in [1.165, 1.54) is 0 Å². The van der Waals surface area contributed by atoms with Crippen LogP contribution in [-0.4, -0.2) is 30.7 Å². The lowest BCUT2D eigenvalue weighted by Crippen LogP contribution is -1.91. The Morgan fingerprint density at radius 3 is 2.36 bits per heavy atom. The Balaban J connectivity index is 1.77. The predicted molar refractivity (Wildman–Crippen MR) is 114 cm³/mol. The zero-order chi connectivity index (χ0) is 19.7. The number of hydrogen-bond acceptors (Lipinski definition) is 4. The lowest BCUT2D eigenvalue weighted by molar-refractivity contribution is 0.395. The number of rotatable bonds is 5. The van der Waals surface area contributed by atoms with Gasteiger partial charge in [0, 0.05) is 36.8 Å². The molecule has 4 aromatic rings. The van der Waals surface area contributed by atoms with E-state index in [1.54, 1.807) is 20.3 Å². The van der Waals surface area contributed by atoms with Gasteiger partial charge in [-0.15, -0.1) is 0 Å². The number of ether oxygens (including phenoxy) is 2. The van der Waals surface area contributed by atoms with Gasteiger partial charge < -0.3 is 19.2 Å². The number of anilines is 1. The zero-order valence-electron chi connectivity index (χ0n) is 15.9. The summed E-state index contributed by atoms with van der Waals surface area (Å²) < 4.78 is 12.8. The van der Waals surface area contributed by atoms with Crippen LogP contribution in [0.5, 0.6) is 11.5 Å². The normalized spacial score (nSPS) is 10.9. The minimum atomic E-state index is 0.515. The van der Waals surface area contributed by atoms with Gasteiger partial charge in [0.1, 0.15) is 17.1 Å². The minimum absolute atomic E-state index is 0.515. The SMILES string of the molecule is CNc1ccc(-c2ccn3cc(-c4cc(Cl)c(OC)cc4OC)nc3c2)cc1. The molecule has 0 aliphatic heterocycles. The fourth-order valence-electron chi connectivity index (χ4n) is 3.18. The molecule has 0 atom stereocenters. The van der Waals surface area contributed by atoms with Crippen LogP contribution >= 0.6 is 11.6 Å². The molecule has 142 valence electrons. The van der Waals surface area contributed by atoms with Crippen LogP contribution in [0.1, 0.15) is 0 Å². The van der Waals surface area contributed by atoms with Crippen molar-refractivity contribution in [2.24, 2.45) is 0 Å². The largest absolute Gasteiger partial charge is 0.496 e. The number of nitrogens with zero attached hydrogens (tertiary/aromatic N) is 2. The number of aromatic nitrogens is 2. The first-order valence-electron chi connectivity index (χ1n) is 8.82. The highest BCUT2D eigenvalue weighted by Crippen LogP contribution is 2.38. The molecule has 0 radical (unpaired) electrons. The standard InChI is InChI=1S/C22H20ClN3O2/c1-24-16-6-4-14(5-7-16)15-8-9-26-13-19(25-22(26)10-15)17-11-18(23)21(28-3)12-20(17)27-2/h4-13,24H,1-3H3. The van der Waals surface area contributed by atoms with E-state index in [4.69, 9.17) is 26.1 Å². The fourth-order valence-corrected chi connectivity index (χ4v) is 3.42. The number of pyridine rings is 1. The molecular formula is C22H20ClN3O2. The third kappa shape index (κ3) is 3.25. The smallest absolute Gasteiger partial charge is 0.141 e. The fraction of sp³-hybridized carbons (Fsp3) is 0.136. The molecule has 28 heavy (non-hydrogen) atoms. The van der Waals surface area contributed by atoms with Crippen molar-refractivity contribution in [3.05, 3.63) is 65.9 Å². The molecule has 1 N–H and O–H groups in total. The summed E-state index contributed by atoms with van der Waals surface area (Å²) in [6.45, 7) is 0. The molecule has 0 bridgehead atoms. The van der Waals surface area contributed by atoms with E-state index in [0.717, 1.165) is 33.7 Å². The van der Waals surface area contributed by atoms with E-state index in [9.17, 15) is 0 Å². The van der Waals surface area contributed by atoms with Crippen molar-refractivity contribution in [2.45, 2.75) is 0 Å². The van der Waals surface area contributed by atoms with Crippen LogP contribution in [0.4, 0.5) is 5.69 Å². The van der Waals surface area contributed by atoms with Gasteiger partial charge in [0.25, 0.3) is 0 Å². The van der Waals surface area contributed by atoms with Crippen molar-refractivity contribution in [1.29, 1.82) is 0 Å². The summed E-state index contributed by atoms with van der Waals surface area (Å²) in [6, 6.07) is 16.0. The van der Waals surface area contributed by atoms with Crippen LogP contribution in [-0.2, 0) is 0 Å². The van der Waals surface area contributed by atoms with Crippen molar-refractivity contribution < 1.29 is 9.47 Å². The summed E-state index contributed by atoms with van der Waals surface area (Å²) in [5.74, 6) is 1.23. The Bertz CT molecular complexity index is 1140. The molecule has 6 heteroatoms. The first-order valence-corrected chi connectivity index (χ1v) is 9.19. The van der Waals surface area contributed by atoms with E-state index in [-0.39, 0.29) is 0 Å². The highest BCUT2D eigenvalue weighted by atomic mass is 35.5. The lowest BCUT2D eigenvalue weighted by atomic mass is 10.1. The minimum Gasteiger partial charge on any atom is -0.496 e. The Hall–Kier alpha value is -3.18. The maximum atomic E-state index is 6.32. The van der Waals surface area contributed by atoms with E-state index in [2.05, 4.69) is 41.7 Å². The Morgan fingerprint density at radius 2 is 1.68 bits per heavy atom. The number of methoxy groups -OCH3 is 2. The molecular weight excluding hydrogens is 374 g/mol. The third-order valence-corrected chi connectivity index (χ3v) is 5.01. The molecule has 2 heterocycles. The monoisotopic (exact) mass is 393 g/mol. The average molecular weight is 394 g/mol. The highest BCUT2D eigenvalue weighted by molar-refractivity contribution is 6.32. The number of benzene rings is 2. The molecule has 4 rings (SSSR count). The number of imidazole rings is 1. The maximum absolute atomic E-state index is 6.32. The molecule has 0 amide bonds. The van der Waals surface area contributed by atoms with Crippen LogP contribution in [0.3, 0.4) is 0 Å². The van der Waals surface area contributed by atoms with E-state index >= 15 is 0 Å². The van der Waals surface area contributed by atoms with E-state index < -0.39 is 0 Å². The second kappa shape index (κ2) is 7.44. The number of fused-ring (bicyclic) bond motifs is 1. The van der Waals surface area contributed by atoms with Gasteiger partial charge in [0.15, 0.2) is 0 Å². The summed E-state index contributed by atoms with van der Waals surface area (Å²) in [6.07, 6.45) is 3.97. The van der Waals surface area contributed by atoms with Crippen LogP contribution in [0.2, 0.25) is 5.02 Å². The number of nitrogens with one attached hydrogen (secondary N) is 1. The number of halogens is 1. The predicted octanol–water partition coefficient (Wildman–Crippen LogP) is 5.38. The van der Waals surface area contributed by atoms with Gasteiger partial charge in [-0.2, -0.15) is 0 Å². The second-order valence-corrected chi connectivity index (χ2v) is 6.73. The van der Waals surface area contributed by atoms with Gasteiger partial charge in [-0.3, -0.25) is 0 Å². The summed E-state index contributed by atoms with van der Waals surface area (Å²) >= 11 is 6.32. The topological polar surface area (TPSA) is 47.8 Å². The van der Waals surface area contributed by atoms with Crippen LogP contribution < -0.4 is 14.8 Å². The molecule has 0 aliphatic rings. The van der Waals surface area contributed by atoms with Crippen LogP contribution in [0.25, 0.3) is 28.0 Å². The van der Waals surface area contributed by atoms with Gasteiger partial charge in [0.2, 0.25) is 0 Å². The Labute approximate surface area is 168 Å². The van der Waals surface area contributed by atoms with Crippen LogP contribution in [0.15, 0.2) is 60.9 Å². The van der Waals surface area contributed by atoms with Gasteiger partial charge in [-0.25, -0.2) is 4.98 Å². The molecule has 5 nitrogen and oxygen atoms in total. The van der Waals surface area contributed by atoms with Crippen molar-refractivity contribution in [3.8, 4) is 33.9 Å². The second-order valence-electron chi connectivity index (χ2n) is 6.32. The molecule has 0 aliphatic carbocycles. The summed E-state index contributed by atoms with van der Waals surface area (Å²) in [4.78, 5) is 4.78. The molecule has 0 spiro atoms. The first-order chi connectivity index (χ1) is 13.6. The molecule has 0 saturated carbocycles. The summed E-state index contributed by atoms with van der Waals surface area (Å²) in [5, 5.41) is 3.65. The molecule has 0 unspecified atom stereocenters. The van der Waals surface area contributed by atoms with Gasteiger partial charge in [-0.1, -0.05) is 23.7 Å². The van der Waals surface area contributed by atoms with E-state index in [1.807, 2.05) is 29.9 Å². The van der Waals surface area contributed by atoms with Crippen molar-refractivity contribution in [3.63, 3.8) is 0 Å². The average Bonchev–Trinajstić information content (AvgIpc) is 3.16. The van der Waals surface area contributed by atoms with Crippen molar-refractivity contribution >= 4 is 22.9 Å². The highest BCUT2D eigenvalue weighted by Gasteiger charge is 2.15. The van der Waals surface area contributed by atoms with Gasteiger partial charge in [-0.05, 0) is 41.5 Å². The molecule has 2 aromatic heterocycles. The van der Waals surface area contributed by atoms with E-state index in [0.29, 0.717) is 16.5 Å². The first kappa shape index (κ1) is 18.2. The Morgan fingerprint density at radius 1 is 0.929 bits per heavy atom. The Kier molecular flexibility index (Phi) is 4.84. The lowest BCUT2D eigenvalue weighted by Gasteiger charge is -2.10. The van der Waals surface area contributed by atoms with Gasteiger partial charge >= 0.3 is 0 Å². The zero-order valence-corrected chi connectivity index (χ0v) is 16.6.